The van der Waals surface area contributed by atoms with Crippen molar-refractivity contribution in [2.24, 2.45) is 10.2 Å². The third kappa shape index (κ3) is 5.24. The molecule has 0 aliphatic carbocycles. The molecule has 2 aromatic rings. The quantitative estimate of drug-likeness (QED) is 0.433. The number of unbranched alkanes of at least 4 members (excludes halogenated alkanes) is 1. The molecule has 0 spiro atoms. The molecule has 0 N–H and O–H groups in total. The van der Waals surface area contributed by atoms with Gasteiger partial charge in [0.1, 0.15) is 0 Å². The Morgan fingerprint density at radius 2 is 1.93 bits per heavy atom. The summed E-state index contributed by atoms with van der Waals surface area (Å²) in [5.74, 6) is 0.127. The average molecular weight is 414 g/mol. The minimum atomic E-state index is -0.0755. The van der Waals surface area contributed by atoms with Crippen molar-refractivity contribution in [1.29, 1.82) is 0 Å². The minimum Gasteiger partial charge on any atom is -0.284 e. The first-order valence-corrected chi connectivity index (χ1v) is 10.7. The molecule has 146 valence electrons. The minimum absolute atomic E-state index is 0.0755. The van der Waals surface area contributed by atoms with Crippen molar-refractivity contribution in [2.75, 3.05) is 0 Å². The van der Waals surface area contributed by atoms with Crippen molar-refractivity contribution < 1.29 is 4.79 Å². The fraction of sp³-hybridized carbons (Fsp3) is 0.318. The highest BCUT2D eigenvalue weighted by Gasteiger charge is 2.37. The largest absolute Gasteiger partial charge is 0.284 e. The average Bonchev–Trinajstić information content (AvgIpc) is 2.98. The summed E-state index contributed by atoms with van der Waals surface area (Å²) in [7, 11) is 0. The smallest absolute Gasteiger partial charge is 0.242 e. The predicted octanol–water partition coefficient (Wildman–Crippen LogP) is 5.67. The molecule has 0 radical (unpaired) electrons. The number of amides is 1. The molecule has 4 nitrogen and oxygen atoms in total. The van der Waals surface area contributed by atoms with Gasteiger partial charge in [-0.1, -0.05) is 79.5 Å². The first kappa shape index (κ1) is 20.6. The van der Waals surface area contributed by atoms with Crippen LogP contribution in [0.5, 0.6) is 0 Å². The zero-order valence-electron chi connectivity index (χ0n) is 16.1. The zero-order valence-corrected chi connectivity index (χ0v) is 17.7. The molecule has 0 bridgehead atoms. The van der Waals surface area contributed by atoms with Gasteiger partial charge in [0.2, 0.25) is 5.91 Å². The fourth-order valence-electron chi connectivity index (χ4n) is 2.96. The standard InChI is InChI=1S/C22H24ClN3OS/c1-3-4-9-20-21(27)26(15-18-8-6-5-7-16(18)2)22(28-20)25-24-14-17-10-12-19(23)13-11-17/h5-8,10-14,20H,3-4,9,15H2,1-2H3/b24-14+,25-22-. The normalized spacial score (nSPS) is 18.5. The Labute approximate surface area is 175 Å². The van der Waals surface area contributed by atoms with E-state index in [4.69, 9.17) is 11.6 Å². The van der Waals surface area contributed by atoms with Crippen molar-refractivity contribution in [3.8, 4) is 0 Å². The summed E-state index contributed by atoms with van der Waals surface area (Å²) >= 11 is 7.43. The molecule has 1 atom stereocenters. The number of carbonyl (C=O) groups is 1. The van der Waals surface area contributed by atoms with Crippen LogP contribution in [0.3, 0.4) is 0 Å². The Balaban J connectivity index is 1.81. The number of hydrogen-bond acceptors (Lipinski definition) is 4. The van der Waals surface area contributed by atoms with E-state index in [1.165, 1.54) is 17.3 Å². The van der Waals surface area contributed by atoms with Gasteiger partial charge in [-0.25, -0.2) is 0 Å². The van der Waals surface area contributed by atoms with Crippen molar-refractivity contribution >= 4 is 40.7 Å². The lowest BCUT2D eigenvalue weighted by molar-refractivity contribution is -0.126. The highest BCUT2D eigenvalue weighted by Crippen LogP contribution is 2.32. The second-order valence-corrected chi connectivity index (χ2v) is 8.38. The molecule has 1 heterocycles. The molecule has 6 heteroatoms. The van der Waals surface area contributed by atoms with Crippen LogP contribution in [-0.4, -0.2) is 27.4 Å². The summed E-state index contributed by atoms with van der Waals surface area (Å²) in [5.41, 5.74) is 3.21. The summed E-state index contributed by atoms with van der Waals surface area (Å²) < 4.78 is 0. The van der Waals surface area contributed by atoms with Crippen LogP contribution in [0.4, 0.5) is 0 Å². The van der Waals surface area contributed by atoms with Crippen molar-refractivity contribution in [2.45, 2.75) is 44.9 Å². The second kappa shape index (κ2) is 9.89. The summed E-state index contributed by atoms with van der Waals surface area (Å²) in [6.45, 7) is 4.73. The van der Waals surface area contributed by atoms with Crippen LogP contribution in [0, 0.1) is 6.92 Å². The second-order valence-electron chi connectivity index (χ2n) is 6.78. The van der Waals surface area contributed by atoms with Gasteiger partial charge in [-0.05, 0) is 42.2 Å². The highest BCUT2D eigenvalue weighted by molar-refractivity contribution is 8.15. The van der Waals surface area contributed by atoms with Gasteiger partial charge in [0.25, 0.3) is 0 Å². The Hall–Kier alpha value is -2.11. The van der Waals surface area contributed by atoms with Gasteiger partial charge in [0, 0.05) is 5.02 Å². The van der Waals surface area contributed by atoms with Crippen LogP contribution < -0.4 is 0 Å². The number of rotatable bonds is 7. The molecule has 0 saturated carbocycles. The molecule has 1 aliphatic rings. The van der Waals surface area contributed by atoms with Crippen molar-refractivity contribution in [1.82, 2.24) is 4.90 Å². The van der Waals surface area contributed by atoms with Gasteiger partial charge < -0.3 is 0 Å². The predicted molar refractivity (Wildman–Crippen MR) is 119 cm³/mol. The van der Waals surface area contributed by atoms with E-state index >= 15 is 0 Å². The molecule has 2 aromatic carbocycles. The first-order valence-electron chi connectivity index (χ1n) is 9.47. The van der Waals surface area contributed by atoms with Gasteiger partial charge in [-0.2, -0.15) is 5.10 Å². The summed E-state index contributed by atoms with van der Waals surface area (Å²) in [6.07, 6.45) is 4.65. The Kier molecular flexibility index (Phi) is 7.29. The van der Waals surface area contributed by atoms with E-state index in [-0.39, 0.29) is 11.2 Å². The number of hydrogen-bond donors (Lipinski definition) is 0. The maximum atomic E-state index is 13.0. The Bertz CT molecular complexity index is 880. The number of carbonyl (C=O) groups excluding carboxylic acids is 1. The van der Waals surface area contributed by atoms with Gasteiger partial charge in [-0.3, -0.25) is 9.69 Å². The van der Waals surface area contributed by atoms with E-state index < -0.39 is 0 Å². The summed E-state index contributed by atoms with van der Waals surface area (Å²) in [5, 5.41) is 9.87. The number of halogens is 1. The van der Waals surface area contributed by atoms with Crippen molar-refractivity contribution in [3.05, 3.63) is 70.2 Å². The van der Waals surface area contributed by atoms with E-state index in [0.717, 1.165) is 30.4 Å². The Morgan fingerprint density at radius 3 is 2.64 bits per heavy atom. The van der Waals surface area contributed by atoms with Gasteiger partial charge in [0.15, 0.2) is 5.17 Å². The highest BCUT2D eigenvalue weighted by atomic mass is 35.5. The topological polar surface area (TPSA) is 45.0 Å². The van der Waals surface area contributed by atoms with E-state index in [0.29, 0.717) is 16.7 Å². The number of amidine groups is 1. The lowest BCUT2D eigenvalue weighted by Crippen LogP contribution is -2.31. The van der Waals surface area contributed by atoms with Gasteiger partial charge >= 0.3 is 0 Å². The van der Waals surface area contributed by atoms with Gasteiger partial charge in [-0.15, -0.1) is 5.10 Å². The van der Waals surface area contributed by atoms with Crippen LogP contribution in [0.2, 0.25) is 5.02 Å². The maximum Gasteiger partial charge on any atom is 0.242 e. The summed E-state index contributed by atoms with van der Waals surface area (Å²) in [4.78, 5) is 14.7. The van der Waals surface area contributed by atoms with E-state index in [2.05, 4.69) is 36.2 Å². The molecule has 28 heavy (non-hydrogen) atoms. The summed E-state index contributed by atoms with van der Waals surface area (Å²) in [6, 6.07) is 15.5. The van der Waals surface area contributed by atoms with Crippen LogP contribution in [0.15, 0.2) is 58.7 Å². The molecule has 1 fully saturated rings. The number of benzene rings is 2. The molecule has 3 rings (SSSR count). The monoisotopic (exact) mass is 413 g/mol. The first-order chi connectivity index (χ1) is 13.6. The molecule has 1 aliphatic heterocycles. The lowest BCUT2D eigenvalue weighted by Gasteiger charge is -2.17. The fourth-order valence-corrected chi connectivity index (χ4v) is 4.23. The SMILES string of the molecule is CCCCC1S/C(=N\N=C\c2ccc(Cl)cc2)N(Cc2ccccc2C)C1=O. The van der Waals surface area contributed by atoms with Crippen LogP contribution in [0.1, 0.15) is 42.9 Å². The lowest BCUT2D eigenvalue weighted by atomic mass is 10.1. The molecule has 1 unspecified atom stereocenters. The third-order valence-electron chi connectivity index (χ3n) is 4.65. The number of nitrogens with zero attached hydrogens (tertiary/aromatic N) is 3. The van der Waals surface area contributed by atoms with Crippen molar-refractivity contribution in [3.63, 3.8) is 0 Å². The van der Waals surface area contributed by atoms with Crippen LogP contribution in [-0.2, 0) is 11.3 Å². The molecular weight excluding hydrogens is 390 g/mol. The van der Waals surface area contributed by atoms with E-state index in [9.17, 15) is 4.79 Å². The number of thioether (sulfide) groups is 1. The van der Waals surface area contributed by atoms with Crippen LogP contribution >= 0.6 is 23.4 Å². The zero-order chi connectivity index (χ0) is 19.9. The van der Waals surface area contributed by atoms with Gasteiger partial charge in [0.05, 0.1) is 18.0 Å². The third-order valence-corrected chi connectivity index (χ3v) is 6.14. The maximum absolute atomic E-state index is 13.0. The number of aryl methyl sites for hydroxylation is 1. The molecule has 0 aromatic heterocycles. The van der Waals surface area contributed by atoms with E-state index in [1.807, 2.05) is 36.4 Å². The Morgan fingerprint density at radius 1 is 1.18 bits per heavy atom. The molecule has 1 amide bonds. The van der Waals surface area contributed by atoms with Crippen LogP contribution in [0.25, 0.3) is 0 Å². The van der Waals surface area contributed by atoms with E-state index in [1.54, 1.807) is 11.1 Å². The molecule has 1 saturated heterocycles. The molecular formula is C22H24ClN3OS.